The maximum atomic E-state index is 13.4. The molecule has 1 aromatic carbocycles. The van der Waals surface area contributed by atoms with Crippen molar-refractivity contribution in [2.75, 3.05) is 4.72 Å². The molecule has 2 aliphatic rings. The van der Waals surface area contributed by atoms with Gasteiger partial charge in [0.25, 0.3) is 10.2 Å². The van der Waals surface area contributed by atoms with E-state index in [1.54, 1.807) is 4.72 Å². The summed E-state index contributed by atoms with van der Waals surface area (Å²) in [5, 5.41) is 4.80. The number of hydrogen-bond acceptors (Lipinski definition) is 4. The Hall–Kier alpha value is -1.85. The number of carbonyl (C=O) groups is 1. The molecule has 1 aliphatic carbocycles. The van der Waals surface area contributed by atoms with Gasteiger partial charge in [-0.2, -0.15) is 21.6 Å². The first kappa shape index (κ1) is 19.9. The minimum atomic E-state index is -4.75. The molecule has 0 radical (unpaired) electrons. The van der Waals surface area contributed by atoms with Gasteiger partial charge in [0.2, 0.25) is 5.91 Å². The van der Waals surface area contributed by atoms with Crippen LogP contribution in [0.15, 0.2) is 18.2 Å². The number of nitrogens with one attached hydrogen (secondary N) is 3. The second kappa shape index (κ2) is 7.28. The number of anilines is 1. The van der Waals surface area contributed by atoms with Crippen LogP contribution in [0.4, 0.5) is 18.9 Å². The van der Waals surface area contributed by atoms with Crippen molar-refractivity contribution >= 4 is 21.8 Å². The summed E-state index contributed by atoms with van der Waals surface area (Å²) in [4.78, 5) is 12.0. The number of carbonyl (C=O) groups excluding carboxylic acids is 1. The first-order valence-electron chi connectivity index (χ1n) is 8.60. The highest BCUT2D eigenvalue weighted by molar-refractivity contribution is 7.90. The van der Waals surface area contributed by atoms with E-state index in [-0.39, 0.29) is 30.2 Å². The van der Waals surface area contributed by atoms with E-state index in [1.165, 1.54) is 6.07 Å². The third-order valence-corrected chi connectivity index (χ3v) is 5.66. The second-order valence-electron chi connectivity index (χ2n) is 7.02. The Kier molecular flexibility index (Phi) is 5.37. The zero-order valence-electron chi connectivity index (χ0n) is 14.3. The molecular weight excluding hydrogens is 385 g/mol. The molecule has 1 saturated heterocycles. The average molecular weight is 406 g/mol. The van der Waals surface area contributed by atoms with Crippen LogP contribution < -0.4 is 20.7 Å². The fraction of sp³-hybridized carbons (Fsp3) is 0.562. The molecule has 3 rings (SSSR count). The normalized spacial score (nSPS) is 26.2. The molecule has 0 spiro atoms. The number of benzene rings is 1. The van der Waals surface area contributed by atoms with Crippen LogP contribution in [0.25, 0.3) is 0 Å². The van der Waals surface area contributed by atoms with Gasteiger partial charge in [-0.25, -0.2) is 10.6 Å². The molecule has 7 nitrogen and oxygen atoms in total. The van der Waals surface area contributed by atoms with Gasteiger partial charge in [-0.1, -0.05) is 18.9 Å². The van der Waals surface area contributed by atoms with Crippen molar-refractivity contribution in [3.63, 3.8) is 0 Å². The summed E-state index contributed by atoms with van der Waals surface area (Å²) in [6.07, 6.45) is -0.900. The van der Waals surface area contributed by atoms with Gasteiger partial charge in [0.15, 0.2) is 0 Å². The van der Waals surface area contributed by atoms with Crippen molar-refractivity contribution in [3.8, 4) is 0 Å². The molecule has 11 heteroatoms. The van der Waals surface area contributed by atoms with Crippen LogP contribution in [0, 0.1) is 11.8 Å². The molecule has 3 atom stereocenters. The number of rotatable bonds is 4. The molecule has 1 aromatic rings. The van der Waals surface area contributed by atoms with Crippen LogP contribution >= 0.6 is 0 Å². The van der Waals surface area contributed by atoms with E-state index in [0.29, 0.717) is 5.56 Å². The van der Waals surface area contributed by atoms with E-state index < -0.39 is 27.6 Å². The average Bonchev–Trinajstić information content (AvgIpc) is 2.57. The number of hydrogen-bond donors (Lipinski definition) is 4. The van der Waals surface area contributed by atoms with Crippen molar-refractivity contribution < 1.29 is 26.4 Å². The molecule has 27 heavy (non-hydrogen) atoms. The van der Waals surface area contributed by atoms with Gasteiger partial charge in [-0.3, -0.25) is 14.9 Å². The van der Waals surface area contributed by atoms with E-state index in [0.717, 1.165) is 37.8 Å². The van der Waals surface area contributed by atoms with Gasteiger partial charge in [0, 0.05) is 12.0 Å². The Morgan fingerprint density at radius 3 is 2.59 bits per heavy atom. The maximum absolute atomic E-state index is 13.4. The van der Waals surface area contributed by atoms with Gasteiger partial charge >= 0.3 is 6.18 Å². The quantitative estimate of drug-likeness (QED) is 0.609. The Labute approximate surface area is 155 Å². The number of nitrogens with two attached hydrogens (primary N) is 1. The van der Waals surface area contributed by atoms with Gasteiger partial charge < -0.3 is 0 Å². The molecule has 150 valence electrons. The molecule has 0 aromatic heterocycles. The minimum absolute atomic E-state index is 0.0593. The molecule has 5 N–H and O–H groups in total. The first-order chi connectivity index (χ1) is 12.5. The number of amides is 1. The monoisotopic (exact) mass is 406 g/mol. The predicted molar refractivity (Wildman–Crippen MR) is 92.4 cm³/mol. The molecular formula is C16H21F3N4O3S. The zero-order chi connectivity index (χ0) is 19.8. The minimum Gasteiger partial charge on any atom is -0.291 e. The van der Waals surface area contributed by atoms with Gasteiger partial charge in [-0.05, 0) is 42.9 Å². The van der Waals surface area contributed by atoms with Crippen molar-refractivity contribution in [1.82, 2.24) is 10.9 Å². The van der Waals surface area contributed by atoms with Crippen LogP contribution in [0.3, 0.4) is 0 Å². The third-order valence-electron chi connectivity index (χ3n) is 5.15. The summed E-state index contributed by atoms with van der Waals surface area (Å²) in [7, 11) is -4.33. The van der Waals surface area contributed by atoms with E-state index >= 15 is 0 Å². The van der Waals surface area contributed by atoms with E-state index in [2.05, 4.69) is 10.9 Å². The lowest BCUT2D eigenvalue weighted by molar-refractivity contribution is -0.137. The summed E-state index contributed by atoms with van der Waals surface area (Å²) in [5.41, 5.74) is 4.20. The number of fused-ring (bicyclic) bond motifs is 1. The molecule has 3 unspecified atom stereocenters. The van der Waals surface area contributed by atoms with Crippen LogP contribution in [0.1, 0.15) is 36.8 Å². The number of halogens is 3. The van der Waals surface area contributed by atoms with Gasteiger partial charge in [0.05, 0.1) is 11.3 Å². The van der Waals surface area contributed by atoms with Crippen LogP contribution in [-0.4, -0.2) is 20.4 Å². The lowest BCUT2D eigenvalue weighted by atomic mass is 9.72. The summed E-state index contributed by atoms with van der Waals surface area (Å²) < 4.78 is 64.0. The lowest BCUT2D eigenvalue weighted by Crippen LogP contribution is -2.60. The van der Waals surface area contributed by atoms with Gasteiger partial charge in [-0.15, -0.1) is 0 Å². The number of alkyl halides is 3. The van der Waals surface area contributed by atoms with Crippen molar-refractivity contribution in [3.05, 3.63) is 29.3 Å². The second-order valence-corrected chi connectivity index (χ2v) is 8.32. The Balaban J connectivity index is 1.85. The topological polar surface area (TPSA) is 113 Å². The highest BCUT2D eigenvalue weighted by Crippen LogP contribution is 2.38. The molecule has 1 heterocycles. The van der Waals surface area contributed by atoms with Crippen molar-refractivity contribution in [2.45, 2.75) is 44.3 Å². The van der Waals surface area contributed by atoms with Crippen LogP contribution in [0.5, 0.6) is 0 Å². The highest BCUT2D eigenvalue weighted by atomic mass is 32.2. The lowest BCUT2D eigenvalue weighted by Gasteiger charge is -2.41. The summed E-state index contributed by atoms with van der Waals surface area (Å²) in [6, 6.07) is 3.22. The summed E-state index contributed by atoms with van der Waals surface area (Å²) >= 11 is 0. The molecule has 0 bridgehead atoms. The van der Waals surface area contributed by atoms with Crippen molar-refractivity contribution in [2.24, 2.45) is 17.0 Å². The first-order valence-corrected chi connectivity index (χ1v) is 10.2. The fourth-order valence-corrected chi connectivity index (χ4v) is 4.47. The van der Waals surface area contributed by atoms with E-state index in [4.69, 9.17) is 5.14 Å². The van der Waals surface area contributed by atoms with Gasteiger partial charge in [0.1, 0.15) is 0 Å². The Bertz CT molecular complexity index is 829. The summed E-state index contributed by atoms with van der Waals surface area (Å²) in [6.45, 7) is 0. The highest BCUT2D eigenvalue weighted by Gasteiger charge is 2.40. The maximum Gasteiger partial charge on any atom is 0.418 e. The fourth-order valence-electron chi connectivity index (χ4n) is 3.98. The SMILES string of the molecule is NS(=O)(=O)Nc1ccc(CC2NNC(=O)C3CCCCC23)cc1C(F)(F)F. The predicted octanol–water partition coefficient (Wildman–Crippen LogP) is 1.67. The van der Waals surface area contributed by atoms with E-state index in [9.17, 15) is 26.4 Å². The largest absolute Gasteiger partial charge is 0.418 e. The molecule has 1 aliphatic heterocycles. The van der Waals surface area contributed by atoms with Crippen molar-refractivity contribution in [1.29, 1.82) is 0 Å². The zero-order valence-corrected chi connectivity index (χ0v) is 15.2. The molecule has 1 amide bonds. The Morgan fingerprint density at radius 1 is 1.22 bits per heavy atom. The summed E-state index contributed by atoms with van der Waals surface area (Å²) in [5.74, 6) is -0.140. The Morgan fingerprint density at radius 2 is 1.93 bits per heavy atom. The molecule has 2 fully saturated rings. The van der Waals surface area contributed by atoms with Crippen LogP contribution in [0.2, 0.25) is 0 Å². The van der Waals surface area contributed by atoms with Crippen LogP contribution in [-0.2, 0) is 27.6 Å². The number of hydrazine groups is 1. The standard InChI is InChI=1S/C16H21F3N4O3S/c17-16(18,19)12-7-9(5-6-13(12)23-27(20,25)26)8-14-10-3-1-2-4-11(10)15(24)22-21-14/h5-7,10-11,14,21,23H,1-4,8H2,(H,22,24)(H2,20,25,26). The third kappa shape index (κ3) is 4.71. The van der Waals surface area contributed by atoms with E-state index in [1.807, 2.05) is 0 Å². The smallest absolute Gasteiger partial charge is 0.291 e. The molecule has 1 saturated carbocycles.